The number of phosphoric ester groups is 1. The Morgan fingerprint density at radius 3 is 1.43 bits per heavy atom. The van der Waals surface area contributed by atoms with Gasteiger partial charge in [-0.1, -0.05) is 214 Å². The van der Waals surface area contributed by atoms with E-state index in [0.29, 0.717) is 32.1 Å². The molecular formula is C59H113N2O17P. The van der Waals surface area contributed by atoms with Crippen molar-refractivity contribution in [3.05, 3.63) is 0 Å². The Morgan fingerprint density at radius 2 is 0.937 bits per heavy atom. The van der Waals surface area contributed by atoms with E-state index in [1.807, 2.05) is 0 Å². The summed E-state index contributed by atoms with van der Waals surface area (Å²) in [5, 5.41) is 61.2. The van der Waals surface area contributed by atoms with Crippen LogP contribution in [0.5, 0.6) is 0 Å². The van der Waals surface area contributed by atoms with Crippen LogP contribution >= 0.6 is 7.82 Å². The van der Waals surface area contributed by atoms with Crippen LogP contribution in [0.1, 0.15) is 265 Å². The number of amides is 2. The molecule has 2 aliphatic rings. The van der Waals surface area contributed by atoms with Crippen molar-refractivity contribution in [2.75, 3.05) is 19.8 Å². The second-order valence-electron chi connectivity index (χ2n) is 22.6. The molecular weight excluding hydrogens is 1040 g/mol. The fraction of sp³-hybridized carbons (Fsp3) is 0.949. The predicted molar refractivity (Wildman–Crippen MR) is 305 cm³/mol. The number of esters is 1. The van der Waals surface area contributed by atoms with E-state index in [4.69, 9.17) is 28.2 Å². The summed E-state index contributed by atoms with van der Waals surface area (Å²) in [7, 11) is -5.31. The van der Waals surface area contributed by atoms with Crippen molar-refractivity contribution in [2.45, 2.75) is 339 Å². The summed E-state index contributed by atoms with van der Waals surface area (Å²) in [6.07, 6.45) is 19.6. The highest BCUT2D eigenvalue weighted by Crippen LogP contribution is 2.41. The molecule has 2 fully saturated rings. The van der Waals surface area contributed by atoms with E-state index < -0.39 is 112 Å². The van der Waals surface area contributed by atoms with Gasteiger partial charge >= 0.3 is 13.8 Å². The molecule has 2 aliphatic heterocycles. The molecule has 0 spiro atoms. The van der Waals surface area contributed by atoms with E-state index in [2.05, 4.69) is 38.3 Å². The highest BCUT2D eigenvalue weighted by Gasteiger charge is 2.51. The minimum atomic E-state index is -5.31. The number of aliphatic hydroxyl groups is 5. The van der Waals surface area contributed by atoms with Crippen LogP contribution in [0, 0.1) is 0 Å². The van der Waals surface area contributed by atoms with Crippen molar-refractivity contribution >= 4 is 25.6 Å². The Morgan fingerprint density at radius 1 is 0.519 bits per heavy atom. The van der Waals surface area contributed by atoms with Gasteiger partial charge in [0.25, 0.3) is 0 Å². The average Bonchev–Trinajstić information content (AvgIpc) is 3.46. The summed E-state index contributed by atoms with van der Waals surface area (Å²) in [6, 6.07) is -2.85. The Labute approximate surface area is 475 Å². The molecule has 0 radical (unpaired) electrons. The molecule has 2 amide bonds. The minimum Gasteiger partial charge on any atom is -0.462 e. The Bertz CT molecular complexity index is 1580. The second kappa shape index (κ2) is 45.6. The maximum Gasteiger partial charge on any atom is 0.470 e. The first kappa shape index (κ1) is 73.3. The first-order valence-electron chi connectivity index (χ1n) is 31.5. The standard InChI is InChI=1S/C59H113N2O17P/c1-5-9-13-17-20-23-26-29-33-37-45(63)41-49(64)60-52-55(68)54(67)48(77-58(52)73-40-36-32-16-12-8-4)44-74-59-53(56(69)57(47(43-62)76-59)78-79(70,71)72)61-50(65)42-46(38-34-30-27-24-21-18-14-10-6-2)75-51(66)39-35-31-28-25-22-19-15-11-7-3/h45-48,52-59,62-63,67-69H,5-44H2,1-4H3,(H,60,64)(H,61,65)(H2,70,71,72)/t45-,46-,47-,48-,52-,53-,54-,55-,56-,57-,58+,59-/m1/s1. The summed E-state index contributed by atoms with van der Waals surface area (Å²) in [6.45, 7) is 7.39. The molecule has 466 valence electrons. The van der Waals surface area contributed by atoms with Crippen LogP contribution in [0.3, 0.4) is 0 Å². The van der Waals surface area contributed by atoms with Gasteiger partial charge in [-0.3, -0.25) is 18.9 Å². The number of ether oxygens (including phenoxy) is 5. The fourth-order valence-corrected chi connectivity index (χ4v) is 11.1. The number of hydrogen-bond acceptors (Lipinski definition) is 15. The molecule has 19 nitrogen and oxygen atoms in total. The molecule has 2 saturated heterocycles. The van der Waals surface area contributed by atoms with Gasteiger partial charge in [-0.25, -0.2) is 4.57 Å². The smallest absolute Gasteiger partial charge is 0.462 e. The summed E-state index contributed by atoms with van der Waals surface area (Å²) in [5.41, 5.74) is 0. The van der Waals surface area contributed by atoms with Gasteiger partial charge in [0.2, 0.25) is 11.8 Å². The first-order valence-corrected chi connectivity index (χ1v) is 33.0. The molecule has 2 heterocycles. The second-order valence-corrected chi connectivity index (χ2v) is 23.8. The van der Waals surface area contributed by atoms with Gasteiger partial charge in [0.15, 0.2) is 12.6 Å². The zero-order valence-corrected chi connectivity index (χ0v) is 50.3. The summed E-state index contributed by atoms with van der Waals surface area (Å²) in [5.74, 6) is -1.69. The third-order valence-corrected chi connectivity index (χ3v) is 15.8. The molecule has 0 aromatic rings. The third-order valence-electron chi connectivity index (χ3n) is 15.3. The fourth-order valence-electron chi connectivity index (χ4n) is 10.5. The van der Waals surface area contributed by atoms with Gasteiger partial charge < -0.3 is 69.6 Å². The molecule has 0 bridgehead atoms. The highest BCUT2D eigenvalue weighted by molar-refractivity contribution is 7.46. The lowest BCUT2D eigenvalue weighted by molar-refractivity contribution is -0.302. The van der Waals surface area contributed by atoms with Crippen LogP contribution in [-0.4, -0.2) is 146 Å². The number of phosphoric acid groups is 1. The van der Waals surface area contributed by atoms with Crippen LogP contribution < -0.4 is 10.6 Å². The monoisotopic (exact) mass is 1150 g/mol. The van der Waals surface area contributed by atoms with E-state index in [1.165, 1.54) is 89.9 Å². The molecule has 9 N–H and O–H groups in total. The van der Waals surface area contributed by atoms with Crippen LogP contribution in [0.25, 0.3) is 0 Å². The first-order chi connectivity index (χ1) is 38.1. The maximum absolute atomic E-state index is 14.0. The SMILES string of the molecule is CCCCCCCCCCCC(=O)O[C@H](CCCCCCCCCCC)CC(=O)N[C@H]1[C@H](OC[C@H]2O[C@H](OCCCCCCC)[C@H](NC(=O)C[C@H](O)CCCCCCCCCCC)[C@@H](O)[C@@H]2O)O[C@H](CO)[C@@H](OP(=O)(O)O)[C@@H]1O. The number of hydrogen-bond donors (Lipinski definition) is 9. The quantitative estimate of drug-likeness (QED) is 0.0156. The molecule has 12 atom stereocenters. The average molecular weight is 1150 g/mol. The number of aliphatic hydroxyl groups excluding tert-OH is 5. The number of nitrogens with one attached hydrogen (secondary N) is 2. The molecule has 0 aromatic carbocycles. The van der Waals surface area contributed by atoms with Crippen LogP contribution in [-0.2, 0) is 47.2 Å². The molecule has 0 aliphatic carbocycles. The van der Waals surface area contributed by atoms with Gasteiger partial charge in [-0.05, 0) is 32.1 Å². The van der Waals surface area contributed by atoms with Crippen molar-refractivity contribution in [3.8, 4) is 0 Å². The Balaban J connectivity index is 2.23. The molecule has 79 heavy (non-hydrogen) atoms. The van der Waals surface area contributed by atoms with Crippen molar-refractivity contribution in [2.24, 2.45) is 0 Å². The third kappa shape index (κ3) is 33.9. The molecule has 0 saturated carbocycles. The predicted octanol–water partition coefficient (Wildman–Crippen LogP) is 9.78. The lowest BCUT2D eigenvalue weighted by Gasteiger charge is -2.45. The van der Waals surface area contributed by atoms with Gasteiger partial charge in [-0.15, -0.1) is 0 Å². The molecule has 20 heteroatoms. The maximum atomic E-state index is 14.0. The van der Waals surface area contributed by atoms with Crippen LogP contribution in [0.4, 0.5) is 0 Å². The van der Waals surface area contributed by atoms with Crippen molar-refractivity contribution in [1.29, 1.82) is 0 Å². The summed E-state index contributed by atoms with van der Waals surface area (Å²) >= 11 is 0. The Hall–Kier alpha value is -1.84. The topological polar surface area (TPSA) is 289 Å². The van der Waals surface area contributed by atoms with E-state index in [1.54, 1.807) is 0 Å². The van der Waals surface area contributed by atoms with Crippen molar-refractivity contribution in [1.82, 2.24) is 10.6 Å². The van der Waals surface area contributed by atoms with E-state index in [-0.39, 0.29) is 25.9 Å². The van der Waals surface area contributed by atoms with E-state index >= 15 is 0 Å². The van der Waals surface area contributed by atoms with Crippen molar-refractivity contribution < 1.29 is 82.5 Å². The summed E-state index contributed by atoms with van der Waals surface area (Å²) in [4.78, 5) is 60.2. The van der Waals surface area contributed by atoms with Gasteiger partial charge in [0, 0.05) is 13.0 Å². The summed E-state index contributed by atoms with van der Waals surface area (Å²) < 4.78 is 47.3. The van der Waals surface area contributed by atoms with E-state index in [9.17, 15) is 54.3 Å². The largest absolute Gasteiger partial charge is 0.470 e. The van der Waals surface area contributed by atoms with Gasteiger partial charge in [0.1, 0.15) is 54.8 Å². The number of carbonyl (C=O) groups is 3. The molecule has 2 rings (SSSR count). The lowest BCUT2D eigenvalue weighted by atomic mass is 9.95. The number of carbonyl (C=O) groups excluding carboxylic acids is 3. The molecule has 0 unspecified atom stereocenters. The lowest BCUT2D eigenvalue weighted by Crippen LogP contribution is -2.67. The van der Waals surface area contributed by atoms with Gasteiger partial charge in [-0.2, -0.15) is 0 Å². The normalized spacial score (nSPS) is 24.3. The number of rotatable bonds is 50. The van der Waals surface area contributed by atoms with Crippen molar-refractivity contribution in [3.63, 3.8) is 0 Å². The van der Waals surface area contributed by atoms with Crippen LogP contribution in [0.2, 0.25) is 0 Å². The zero-order valence-electron chi connectivity index (χ0n) is 49.4. The van der Waals surface area contributed by atoms with Crippen LogP contribution in [0.15, 0.2) is 0 Å². The highest BCUT2D eigenvalue weighted by atomic mass is 31.2. The van der Waals surface area contributed by atoms with Gasteiger partial charge in [0.05, 0.1) is 32.2 Å². The molecule has 0 aromatic heterocycles. The zero-order chi connectivity index (χ0) is 58.1. The van der Waals surface area contributed by atoms with E-state index in [0.717, 1.165) is 96.3 Å². The minimum absolute atomic E-state index is 0.193. The Kier molecular flexibility index (Phi) is 42.3. The number of unbranched alkanes of at least 4 members (excludes halogenated alkanes) is 28.